The fraction of sp³-hybridized carbons (Fsp3) is 0.188. The van der Waals surface area contributed by atoms with Crippen molar-refractivity contribution in [3.8, 4) is 0 Å². The van der Waals surface area contributed by atoms with Crippen LogP contribution in [-0.2, 0) is 12.8 Å². The summed E-state index contributed by atoms with van der Waals surface area (Å²) in [5.74, 6) is 0. The monoisotopic (exact) mass is 410 g/mol. The third kappa shape index (κ3) is 2.90. The third-order valence-electron chi connectivity index (χ3n) is 7.58. The van der Waals surface area contributed by atoms with E-state index < -0.39 is 0 Å². The second kappa shape index (κ2) is 7.07. The van der Waals surface area contributed by atoms with Gasteiger partial charge in [0.15, 0.2) is 0 Å². The van der Waals surface area contributed by atoms with Crippen LogP contribution in [0.2, 0.25) is 0 Å². The van der Waals surface area contributed by atoms with Gasteiger partial charge in [0.05, 0.1) is 0 Å². The van der Waals surface area contributed by atoms with Gasteiger partial charge in [-0.3, -0.25) is 0 Å². The van der Waals surface area contributed by atoms with Gasteiger partial charge in [0.2, 0.25) is 0 Å². The molecule has 0 saturated carbocycles. The number of hydrogen-bond acceptors (Lipinski definition) is 0. The van der Waals surface area contributed by atoms with Crippen molar-refractivity contribution in [1.29, 1.82) is 0 Å². The largest absolute Gasteiger partial charge is 0.0616 e. The molecular weight excluding hydrogens is 384 g/mol. The molecule has 0 nitrogen and oxygen atoms in total. The summed E-state index contributed by atoms with van der Waals surface area (Å²) in [5.41, 5.74) is 3.18. The van der Waals surface area contributed by atoms with Gasteiger partial charge in [-0.2, -0.15) is 0 Å². The molecule has 0 amide bonds. The zero-order chi connectivity index (χ0) is 21.1. The summed E-state index contributed by atoms with van der Waals surface area (Å²) >= 11 is 0. The molecule has 0 radical (unpaired) electrons. The Morgan fingerprint density at radius 1 is 0.375 bits per heavy atom. The van der Waals surface area contributed by atoms with E-state index in [0.29, 0.717) is 0 Å². The molecule has 0 heterocycles. The molecule has 0 atom stereocenters. The zero-order valence-electron chi connectivity index (χ0n) is 18.3. The number of rotatable bonds is 0. The van der Waals surface area contributed by atoms with Crippen LogP contribution in [0.15, 0.2) is 84.9 Å². The fourth-order valence-electron chi connectivity index (χ4n) is 5.88. The van der Waals surface area contributed by atoms with Crippen LogP contribution in [0.3, 0.4) is 0 Å². The van der Waals surface area contributed by atoms with Crippen molar-refractivity contribution in [2.75, 3.05) is 0 Å². The van der Waals surface area contributed by atoms with Gasteiger partial charge in [0, 0.05) is 0 Å². The second-order valence-corrected chi connectivity index (χ2v) is 9.64. The van der Waals surface area contributed by atoms with E-state index in [-0.39, 0.29) is 0 Å². The molecule has 0 unspecified atom stereocenters. The smallest absolute Gasteiger partial charge is 0.0143 e. The van der Waals surface area contributed by atoms with Gasteiger partial charge >= 0.3 is 0 Å². The van der Waals surface area contributed by atoms with E-state index in [0.717, 1.165) is 0 Å². The van der Waals surface area contributed by atoms with Crippen molar-refractivity contribution >= 4 is 53.9 Å². The normalized spacial score (nSPS) is 14.8. The molecule has 1 aliphatic carbocycles. The maximum Gasteiger partial charge on any atom is -0.0143 e. The Hall–Kier alpha value is -3.38. The number of hydrogen-bond donors (Lipinski definition) is 0. The Morgan fingerprint density at radius 2 is 0.875 bits per heavy atom. The molecule has 32 heavy (non-hydrogen) atoms. The first kappa shape index (κ1) is 18.2. The molecule has 0 saturated heterocycles. The summed E-state index contributed by atoms with van der Waals surface area (Å²) in [6.07, 6.45) is 7.87. The van der Waals surface area contributed by atoms with Gasteiger partial charge in [-0.15, -0.1) is 0 Å². The summed E-state index contributed by atoms with van der Waals surface area (Å²) in [5, 5.41) is 13.5. The fourth-order valence-corrected chi connectivity index (χ4v) is 5.88. The van der Waals surface area contributed by atoms with E-state index in [1.807, 2.05) is 0 Å². The molecule has 0 heteroatoms. The van der Waals surface area contributed by atoms with E-state index in [1.165, 1.54) is 92.4 Å². The average molecular weight is 411 g/mol. The standard InChI is InChI=1S/C32H26/c1-2-4-10-31-21(7-3-1)11-12-24-15-27-18-28-16-25-13-22-8-5-6-9-23(22)14-26(25)17-29(28)19-30(27)20-32(24)31/h5-6,8-9,11-20H,1-4,7,10H2. The lowest BCUT2D eigenvalue weighted by Gasteiger charge is -2.17. The average Bonchev–Trinajstić information content (AvgIpc) is 2.79. The molecule has 1 aliphatic rings. The SMILES string of the molecule is c1ccc2cc3cc4cc5cc6c7c(ccc6cc5cc4cc3cc2c1)CCCCCC7. The van der Waals surface area contributed by atoms with Crippen LogP contribution < -0.4 is 0 Å². The van der Waals surface area contributed by atoms with E-state index in [1.54, 1.807) is 11.1 Å². The molecule has 7 rings (SSSR count). The van der Waals surface area contributed by atoms with Crippen LogP contribution in [0.1, 0.15) is 36.8 Å². The van der Waals surface area contributed by atoms with Crippen molar-refractivity contribution in [3.05, 3.63) is 96.1 Å². The van der Waals surface area contributed by atoms with Gasteiger partial charge in [-0.05, 0) is 139 Å². The van der Waals surface area contributed by atoms with Crippen LogP contribution in [0.5, 0.6) is 0 Å². The highest BCUT2D eigenvalue weighted by molar-refractivity contribution is 6.10. The van der Waals surface area contributed by atoms with Crippen LogP contribution in [0, 0.1) is 0 Å². The van der Waals surface area contributed by atoms with E-state index in [2.05, 4.69) is 84.9 Å². The Labute approximate surface area is 188 Å². The summed E-state index contributed by atoms with van der Waals surface area (Å²) < 4.78 is 0. The van der Waals surface area contributed by atoms with Gasteiger partial charge in [-0.1, -0.05) is 49.2 Å². The zero-order valence-corrected chi connectivity index (χ0v) is 18.3. The van der Waals surface area contributed by atoms with Gasteiger partial charge in [0.25, 0.3) is 0 Å². The van der Waals surface area contributed by atoms with E-state index >= 15 is 0 Å². The lowest BCUT2D eigenvalue weighted by molar-refractivity contribution is 0.619. The van der Waals surface area contributed by atoms with Crippen molar-refractivity contribution < 1.29 is 0 Å². The third-order valence-corrected chi connectivity index (χ3v) is 7.58. The van der Waals surface area contributed by atoms with Gasteiger partial charge < -0.3 is 0 Å². The first-order valence-corrected chi connectivity index (χ1v) is 12.1. The van der Waals surface area contributed by atoms with Gasteiger partial charge in [-0.25, -0.2) is 0 Å². The van der Waals surface area contributed by atoms with Crippen molar-refractivity contribution in [3.63, 3.8) is 0 Å². The molecule has 0 aromatic heterocycles. The predicted octanol–water partition coefficient (Wildman–Crippen LogP) is 9.11. The van der Waals surface area contributed by atoms with Gasteiger partial charge in [0.1, 0.15) is 0 Å². The Kier molecular flexibility index (Phi) is 4.02. The minimum Gasteiger partial charge on any atom is -0.0616 e. The minimum absolute atomic E-state index is 1.23. The molecule has 6 aromatic carbocycles. The lowest BCUT2D eigenvalue weighted by atomic mass is 9.88. The highest BCUT2D eigenvalue weighted by Gasteiger charge is 2.12. The van der Waals surface area contributed by atoms with Crippen molar-refractivity contribution in [1.82, 2.24) is 0 Å². The van der Waals surface area contributed by atoms with Crippen molar-refractivity contribution in [2.24, 2.45) is 0 Å². The molecule has 6 aromatic rings. The molecule has 0 bridgehead atoms. The van der Waals surface area contributed by atoms with E-state index in [9.17, 15) is 0 Å². The molecular formula is C32H26. The molecule has 0 aliphatic heterocycles. The molecule has 0 spiro atoms. The van der Waals surface area contributed by atoms with Crippen LogP contribution in [0.25, 0.3) is 53.9 Å². The maximum absolute atomic E-state index is 2.47. The summed E-state index contributed by atoms with van der Waals surface area (Å²) in [6.45, 7) is 0. The topological polar surface area (TPSA) is 0 Å². The predicted molar refractivity (Wildman–Crippen MR) is 140 cm³/mol. The van der Waals surface area contributed by atoms with Crippen molar-refractivity contribution in [2.45, 2.75) is 38.5 Å². The van der Waals surface area contributed by atoms with Crippen LogP contribution in [0.4, 0.5) is 0 Å². The number of benzene rings is 6. The van der Waals surface area contributed by atoms with Crippen LogP contribution >= 0.6 is 0 Å². The Balaban J connectivity index is 1.48. The molecule has 154 valence electrons. The Morgan fingerprint density at radius 3 is 1.50 bits per heavy atom. The number of aryl methyl sites for hydroxylation is 2. The molecule has 0 N–H and O–H groups in total. The highest BCUT2D eigenvalue weighted by atomic mass is 14.2. The second-order valence-electron chi connectivity index (χ2n) is 9.64. The summed E-state index contributed by atoms with van der Waals surface area (Å²) in [4.78, 5) is 0. The first-order valence-electron chi connectivity index (χ1n) is 12.1. The minimum atomic E-state index is 1.23. The Bertz CT molecular complexity index is 1670. The summed E-state index contributed by atoms with van der Waals surface area (Å²) in [6, 6.07) is 32.5. The maximum atomic E-state index is 2.47. The number of fused-ring (bicyclic) bond motifs is 7. The quantitative estimate of drug-likeness (QED) is 0.219. The lowest BCUT2D eigenvalue weighted by Crippen LogP contribution is -2.00. The van der Waals surface area contributed by atoms with E-state index in [4.69, 9.17) is 0 Å². The first-order chi connectivity index (χ1) is 15.8. The molecule has 0 fully saturated rings. The highest BCUT2D eigenvalue weighted by Crippen LogP contribution is 2.34. The van der Waals surface area contributed by atoms with Crippen LogP contribution in [-0.4, -0.2) is 0 Å². The summed E-state index contributed by atoms with van der Waals surface area (Å²) in [7, 11) is 0.